The van der Waals surface area contributed by atoms with Crippen LogP contribution in [0.1, 0.15) is 32.3 Å². The third-order valence-electron chi connectivity index (χ3n) is 6.66. The molecule has 0 unspecified atom stereocenters. The lowest BCUT2D eigenvalue weighted by atomic mass is 9.89. The molecular formula is C28H30ClFN4O. The fraction of sp³-hybridized carbons (Fsp3) is 0.321. The van der Waals surface area contributed by atoms with E-state index in [0.29, 0.717) is 16.6 Å². The number of aliphatic imine (C=N–C) groups is 1. The van der Waals surface area contributed by atoms with E-state index in [-0.39, 0.29) is 5.82 Å². The van der Waals surface area contributed by atoms with Crippen LogP contribution in [-0.4, -0.2) is 37.2 Å². The first-order chi connectivity index (χ1) is 16.9. The zero-order valence-electron chi connectivity index (χ0n) is 20.3. The van der Waals surface area contributed by atoms with E-state index in [1.165, 1.54) is 6.08 Å². The van der Waals surface area contributed by atoms with Crippen LogP contribution in [0.5, 0.6) is 0 Å². The van der Waals surface area contributed by atoms with Crippen molar-refractivity contribution in [2.75, 3.05) is 29.9 Å². The Bertz CT molecular complexity index is 1280. The number of benzene rings is 2. The number of fused-ring (bicyclic) bond motifs is 1. The maximum absolute atomic E-state index is 14.1. The summed E-state index contributed by atoms with van der Waals surface area (Å²) in [5.74, 6) is 1.04. The monoisotopic (exact) mass is 492 g/mol. The van der Waals surface area contributed by atoms with Crippen LogP contribution in [-0.2, 0) is 11.2 Å². The van der Waals surface area contributed by atoms with E-state index in [4.69, 9.17) is 11.6 Å². The van der Waals surface area contributed by atoms with Gasteiger partial charge in [-0.1, -0.05) is 17.7 Å². The highest BCUT2D eigenvalue weighted by atomic mass is 35.5. The average Bonchev–Trinajstić information content (AvgIpc) is 2.84. The van der Waals surface area contributed by atoms with Crippen LogP contribution in [0, 0.1) is 11.7 Å². The molecule has 0 N–H and O–H groups in total. The number of allylic oxidation sites excluding steroid dienone is 2. The lowest BCUT2D eigenvalue weighted by molar-refractivity contribution is -0.104. The van der Waals surface area contributed by atoms with Gasteiger partial charge in [0.05, 0.1) is 16.2 Å². The smallest absolute Gasteiger partial charge is 0.144 e. The van der Waals surface area contributed by atoms with E-state index < -0.39 is 0 Å². The van der Waals surface area contributed by atoms with Crippen LogP contribution in [0.15, 0.2) is 65.4 Å². The fourth-order valence-electron chi connectivity index (χ4n) is 4.69. The van der Waals surface area contributed by atoms with Gasteiger partial charge in [0, 0.05) is 43.1 Å². The summed E-state index contributed by atoms with van der Waals surface area (Å²) in [7, 11) is 1.93. The highest BCUT2D eigenvalue weighted by Crippen LogP contribution is 2.34. The zero-order valence-corrected chi connectivity index (χ0v) is 21.1. The molecule has 1 aliphatic rings. The Hall–Kier alpha value is -3.25. The summed E-state index contributed by atoms with van der Waals surface area (Å²) >= 11 is 6.70. The first-order valence-corrected chi connectivity index (χ1v) is 12.2. The Balaban J connectivity index is 1.42. The zero-order chi connectivity index (χ0) is 24.9. The van der Waals surface area contributed by atoms with E-state index >= 15 is 0 Å². The van der Waals surface area contributed by atoms with Gasteiger partial charge in [-0.3, -0.25) is 9.78 Å². The number of carbonyl (C=O) groups excluding carboxylic acids is 1. The molecule has 0 spiro atoms. The number of carbonyl (C=O) groups is 1. The van der Waals surface area contributed by atoms with Crippen molar-refractivity contribution < 1.29 is 9.18 Å². The summed E-state index contributed by atoms with van der Waals surface area (Å²) < 4.78 is 14.1. The molecule has 1 fully saturated rings. The Kier molecular flexibility index (Phi) is 7.81. The van der Waals surface area contributed by atoms with E-state index in [1.54, 1.807) is 25.3 Å². The van der Waals surface area contributed by atoms with E-state index in [2.05, 4.69) is 20.9 Å². The van der Waals surface area contributed by atoms with Crippen molar-refractivity contribution in [3.05, 3.63) is 76.8 Å². The maximum Gasteiger partial charge on any atom is 0.144 e. The second-order valence-electron chi connectivity index (χ2n) is 9.07. The third kappa shape index (κ3) is 5.88. The normalized spacial score (nSPS) is 15.5. The van der Waals surface area contributed by atoms with Gasteiger partial charge in [-0.2, -0.15) is 0 Å². The van der Waals surface area contributed by atoms with Gasteiger partial charge in [0.15, 0.2) is 0 Å². The van der Waals surface area contributed by atoms with Crippen molar-refractivity contribution >= 4 is 46.0 Å². The Labute approximate surface area is 210 Å². The second-order valence-corrected chi connectivity index (χ2v) is 9.48. The van der Waals surface area contributed by atoms with Gasteiger partial charge in [-0.25, -0.2) is 9.38 Å². The standard InChI is InChI=1S/C28H30ClFN4O/c1-19(10-14-35)32-20(2)33(3)25-6-7-27(26(29)18-25)34-12-8-21(9-13-34)15-23-17-24(30)16-22-5-4-11-31-28(22)23/h4-7,10-11,14,16-18,21H,8-9,12-13,15H2,1-3H3/b19-10-,32-20?. The van der Waals surface area contributed by atoms with Crippen LogP contribution in [0.3, 0.4) is 0 Å². The number of hydrogen-bond acceptors (Lipinski definition) is 4. The third-order valence-corrected chi connectivity index (χ3v) is 6.97. The minimum absolute atomic E-state index is 0.204. The van der Waals surface area contributed by atoms with Crippen molar-refractivity contribution in [2.24, 2.45) is 10.9 Å². The SMILES string of the molecule is CC(=N/C(C)=C\C=O)N(C)c1ccc(N2CCC(Cc3cc(F)cc4cccnc34)CC2)c(Cl)c1. The summed E-state index contributed by atoms with van der Waals surface area (Å²) in [6.07, 6.45) is 6.79. The highest BCUT2D eigenvalue weighted by molar-refractivity contribution is 6.33. The molecule has 0 atom stereocenters. The molecular weight excluding hydrogens is 463 g/mol. The predicted molar refractivity (Wildman–Crippen MR) is 143 cm³/mol. The number of amidine groups is 1. The molecule has 1 aliphatic heterocycles. The predicted octanol–water partition coefficient (Wildman–Crippen LogP) is 6.44. The second kappa shape index (κ2) is 11.0. The van der Waals surface area contributed by atoms with Gasteiger partial charge in [-0.05, 0) is 87.1 Å². The van der Waals surface area contributed by atoms with Crippen LogP contribution < -0.4 is 9.80 Å². The number of halogens is 2. The minimum Gasteiger partial charge on any atom is -0.370 e. The number of aromatic nitrogens is 1. The topological polar surface area (TPSA) is 48.8 Å². The Morgan fingerprint density at radius 3 is 2.71 bits per heavy atom. The van der Waals surface area contributed by atoms with Crippen molar-refractivity contribution in [1.82, 2.24) is 4.98 Å². The molecule has 5 nitrogen and oxygen atoms in total. The quantitative estimate of drug-likeness (QED) is 0.172. The minimum atomic E-state index is -0.204. The molecule has 3 aromatic rings. The van der Waals surface area contributed by atoms with Crippen molar-refractivity contribution in [1.29, 1.82) is 0 Å². The molecule has 7 heteroatoms. The van der Waals surface area contributed by atoms with Crippen LogP contribution >= 0.6 is 11.6 Å². The summed E-state index contributed by atoms with van der Waals surface area (Å²) in [6.45, 7) is 5.48. The van der Waals surface area contributed by atoms with Crippen molar-refractivity contribution in [2.45, 2.75) is 33.1 Å². The van der Waals surface area contributed by atoms with Crippen molar-refractivity contribution in [3.8, 4) is 0 Å². The van der Waals surface area contributed by atoms with Gasteiger partial charge in [-0.15, -0.1) is 0 Å². The molecule has 0 aliphatic carbocycles. The molecule has 1 aromatic heterocycles. The lowest BCUT2D eigenvalue weighted by Gasteiger charge is -2.34. The number of nitrogens with zero attached hydrogens (tertiary/aromatic N) is 4. The summed E-state index contributed by atoms with van der Waals surface area (Å²) in [5.41, 5.74) is 4.48. The summed E-state index contributed by atoms with van der Waals surface area (Å²) in [5, 5.41) is 1.55. The number of pyridine rings is 1. The maximum atomic E-state index is 14.1. The van der Waals surface area contributed by atoms with Gasteiger partial charge in [0.1, 0.15) is 17.9 Å². The number of piperidine rings is 1. The molecule has 1 saturated heterocycles. The van der Waals surface area contributed by atoms with Crippen LogP contribution in [0.4, 0.5) is 15.8 Å². The van der Waals surface area contributed by atoms with Crippen LogP contribution in [0.25, 0.3) is 10.9 Å². The molecule has 0 amide bonds. The van der Waals surface area contributed by atoms with Crippen molar-refractivity contribution in [3.63, 3.8) is 0 Å². The van der Waals surface area contributed by atoms with E-state index in [0.717, 1.165) is 72.3 Å². The number of hydrogen-bond donors (Lipinski definition) is 0. The Morgan fingerprint density at radius 1 is 1.23 bits per heavy atom. The van der Waals surface area contributed by atoms with E-state index in [1.807, 2.05) is 43.1 Å². The highest BCUT2D eigenvalue weighted by Gasteiger charge is 2.22. The summed E-state index contributed by atoms with van der Waals surface area (Å²) in [4.78, 5) is 23.9. The molecule has 0 saturated carbocycles. The van der Waals surface area contributed by atoms with Gasteiger partial charge in [0.2, 0.25) is 0 Å². The fourth-order valence-corrected chi connectivity index (χ4v) is 4.98. The van der Waals surface area contributed by atoms with Gasteiger partial charge in [0.25, 0.3) is 0 Å². The lowest BCUT2D eigenvalue weighted by Crippen LogP contribution is -2.34. The van der Waals surface area contributed by atoms with Gasteiger partial charge < -0.3 is 9.80 Å². The Morgan fingerprint density at radius 2 is 2.00 bits per heavy atom. The average molecular weight is 493 g/mol. The number of aldehydes is 1. The molecule has 4 rings (SSSR count). The molecule has 2 aromatic carbocycles. The molecule has 2 heterocycles. The first-order valence-electron chi connectivity index (χ1n) is 11.8. The van der Waals surface area contributed by atoms with Crippen LogP contribution in [0.2, 0.25) is 5.02 Å². The van der Waals surface area contributed by atoms with Gasteiger partial charge >= 0.3 is 0 Å². The molecule has 0 radical (unpaired) electrons. The molecule has 182 valence electrons. The first kappa shape index (κ1) is 24.9. The summed E-state index contributed by atoms with van der Waals surface area (Å²) in [6, 6.07) is 13.0. The largest absolute Gasteiger partial charge is 0.370 e. The van der Waals surface area contributed by atoms with E-state index in [9.17, 15) is 9.18 Å². The number of anilines is 2. The number of rotatable bonds is 6. The molecule has 0 bridgehead atoms. The molecule has 35 heavy (non-hydrogen) atoms.